The zero-order valence-corrected chi connectivity index (χ0v) is 26.8. The summed E-state index contributed by atoms with van der Waals surface area (Å²) in [5, 5.41) is 0. The quantitative estimate of drug-likeness (QED) is 0.0689. The molecule has 46 heavy (non-hydrogen) atoms. The third-order valence-electron chi connectivity index (χ3n) is 7.50. The Labute approximate surface area is 269 Å². The van der Waals surface area contributed by atoms with E-state index < -0.39 is 24.2 Å². The first kappa shape index (κ1) is 36.5. The third-order valence-corrected chi connectivity index (χ3v) is 7.50. The molecule has 0 unspecified atom stereocenters. The number of aromatic nitrogens is 2. The number of carbonyl (C=O) groups excluding carboxylic acids is 2. The molecule has 3 rings (SSSR count). The highest BCUT2D eigenvalue weighted by molar-refractivity contribution is 5.91. The fraction of sp³-hybridized carbons (Fsp3) is 0.500. The molecule has 250 valence electrons. The molecule has 0 spiro atoms. The van der Waals surface area contributed by atoms with Gasteiger partial charge < -0.3 is 14.2 Å². The van der Waals surface area contributed by atoms with Crippen molar-refractivity contribution in [3.05, 3.63) is 72.1 Å². The Morgan fingerprint density at radius 2 is 1.22 bits per heavy atom. The molecule has 0 fully saturated rings. The van der Waals surface area contributed by atoms with Crippen molar-refractivity contribution in [1.82, 2.24) is 9.97 Å². The summed E-state index contributed by atoms with van der Waals surface area (Å²) in [5.74, 6) is -0.524. The number of benzene rings is 2. The van der Waals surface area contributed by atoms with Crippen molar-refractivity contribution >= 4 is 11.9 Å². The monoisotopic (exact) mass is 642 g/mol. The molecular formula is C36H45F3N2O5. The summed E-state index contributed by atoms with van der Waals surface area (Å²) in [4.78, 5) is 33.5. The van der Waals surface area contributed by atoms with Crippen LogP contribution in [0.25, 0.3) is 11.4 Å². The van der Waals surface area contributed by atoms with Crippen molar-refractivity contribution in [3.8, 4) is 22.9 Å². The molecule has 1 heterocycles. The Hall–Kier alpha value is -3.95. The van der Waals surface area contributed by atoms with Crippen LogP contribution in [0.3, 0.4) is 0 Å². The molecule has 0 N–H and O–H groups in total. The summed E-state index contributed by atoms with van der Waals surface area (Å²) >= 11 is 0. The first-order chi connectivity index (χ1) is 22.2. The van der Waals surface area contributed by atoms with Crippen molar-refractivity contribution in [3.63, 3.8) is 0 Å². The number of hydrogen-bond donors (Lipinski definition) is 0. The van der Waals surface area contributed by atoms with Crippen molar-refractivity contribution in [2.75, 3.05) is 6.61 Å². The van der Waals surface area contributed by atoms with Gasteiger partial charge in [-0.1, -0.05) is 78.1 Å². The number of esters is 2. The second-order valence-corrected chi connectivity index (χ2v) is 11.3. The van der Waals surface area contributed by atoms with Crippen LogP contribution in [0.4, 0.5) is 13.2 Å². The molecule has 0 amide bonds. The average molecular weight is 643 g/mol. The first-order valence-electron chi connectivity index (χ1n) is 16.4. The van der Waals surface area contributed by atoms with E-state index in [2.05, 4.69) is 16.9 Å². The van der Waals surface area contributed by atoms with Crippen LogP contribution < -0.4 is 9.47 Å². The van der Waals surface area contributed by atoms with Crippen LogP contribution in [0.15, 0.2) is 60.9 Å². The van der Waals surface area contributed by atoms with Crippen LogP contribution in [0.1, 0.15) is 118 Å². The van der Waals surface area contributed by atoms with Gasteiger partial charge in [0, 0.05) is 18.0 Å². The van der Waals surface area contributed by atoms with Crippen LogP contribution >= 0.6 is 0 Å². The highest BCUT2D eigenvalue weighted by atomic mass is 19.4. The van der Waals surface area contributed by atoms with Crippen LogP contribution in [0, 0.1) is 0 Å². The van der Waals surface area contributed by atoms with E-state index in [1.807, 2.05) is 31.2 Å². The zero-order chi connectivity index (χ0) is 33.2. The molecule has 1 aromatic heterocycles. The van der Waals surface area contributed by atoms with E-state index in [-0.39, 0.29) is 23.3 Å². The number of alkyl halides is 3. The second-order valence-electron chi connectivity index (χ2n) is 11.3. The number of hydrogen-bond acceptors (Lipinski definition) is 7. The van der Waals surface area contributed by atoms with Gasteiger partial charge in [0.2, 0.25) is 0 Å². The predicted octanol–water partition coefficient (Wildman–Crippen LogP) is 9.94. The van der Waals surface area contributed by atoms with E-state index in [4.69, 9.17) is 14.2 Å². The van der Waals surface area contributed by atoms with Crippen molar-refractivity contribution in [1.29, 1.82) is 0 Å². The second kappa shape index (κ2) is 19.5. The topological polar surface area (TPSA) is 87.6 Å². The summed E-state index contributed by atoms with van der Waals surface area (Å²) in [7, 11) is 0. The number of unbranched alkanes of at least 4 members (excludes halogenated alkanes) is 10. The molecular weight excluding hydrogens is 597 g/mol. The summed E-state index contributed by atoms with van der Waals surface area (Å²) < 4.78 is 56.0. The number of carbonyl (C=O) groups is 2. The van der Waals surface area contributed by atoms with Gasteiger partial charge in [0.05, 0.1) is 17.7 Å². The molecule has 1 atom stereocenters. The minimum atomic E-state index is -4.65. The molecule has 0 aliphatic carbocycles. The van der Waals surface area contributed by atoms with Gasteiger partial charge in [0.15, 0.2) is 11.9 Å². The maximum absolute atomic E-state index is 13.4. The van der Waals surface area contributed by atoms with E-state index in [9.17, 15) is 22.8 Å². The minimum absolute atomic E-state index is 0.0834. The van der Waals surface area contributed by atoms with Gasteiger partial charge in [0.25, 0.3) is 0 Å². The molecule has 7 nitrogen and oxygen atoms in total. The van der Waals surface area contributed by atoms with Crippen molar-refractivity contribution in [2.24, 2.45) is 0 Å². The number of nitrogens with zero attached hydrogens (tertiary/aromatic N) is 2. The Kier molecular flexibility index (Phi) is 15.5. The fourth-order valence-electron chi connectivity index (χ4n) is 4.78. The molecule has 2 aromatic carbocycles. The van der Waals surface area contributed by atoms with Crippen LogP contribution in [-0.4, -0.2) is 40.8 Å². The Balaban J connectivity index is 1.45. The minimum Gasteiger partial charge on any atom is -0.494 e. The molecule has 0 saturated carbocycles. The van der Waals surface area contributed by atoms with Crippen LogP contribution in [0.2, 0.25) is 0 Å². The van der Waals surface area contributed by atoms with Gasteiger partial charge in [-0.25, -0.2) is 19.6 Å². The van der Waals surface area contributed by atoms with Crippen LogP contribution in [-0.2, 0) is 4.74 Å². The van der Waals surface area contributed by atoms with Gasteiger partial charge in [-0.05, 0) is 67.8 Å². The maximum Gasteiger partial charge on any atom is 0.425 e. The van der Waals surface area contributed by atoms with Crippen LogP contribution in [0.5, 0.6) is 11.5 Å². The number of halogens is 3. The van der Waals surface area contributed by atoms with E-state index in [1.165, 1.54) is 75.2 Å². The SMILES string of the molecule is CCCCCCCCCCOc1ccc(-c2ncc(C(=O)Oc3ccc(C(=O)O[C@H](CCCCCC)C(F)(F)F)cc3)cn2)cc1. The molecule has 0 radical (unpaired) electrons. The lowest BCUT2D eigenvalue weighted by Gasteiger charge is -2.20. The standard InChI is InChI=1S/C36H45F3N2O5/c1-3-5-7-9-10-11-12-14-24-44-30-20-16-27(17-21-30)33-40-25-29(26-41-33)35(43)45-31-22-18-28(19-23-31)34(42)46-32(36(37,38)39)15-13-8-6-4-2/h16-23,25-26,32H,3-15,24H2,1-2H3/t32-/m1/s1. The highest BCUT2D eigenvalue weighted by Gasteiger charge is 2.42. The third kappa shape index (κ3) is 12.8. The Morgan fingerprint density at radius 1 is 0.674 bits per heavy atom. The van der Waals surface area contributed by atoms with Gasteiger partial charge in [-0.15, -0.1) is 0 Å². The summed E-state index contributed by atoms with van der Waals surface area (Å²) in [6, 6.07) is 12.6. The summed E-state index contributed by atoms with van der Waals surface area (Å²) in [5.41, 5.74) is 0.782. The normalized spacial score (nSPS) is 12.0. The lowest BCUT2D eigenvalue weighted by Crippen LogP contribution is -2.33. The van der Waals surface area contributed by atoms with Gasteiger partial charge in [0.1, 0.15) is 11.5 Å². The van der Waals surface area contributed by atoms with E-state index >= 15 is 0 Å². The highest BCUT2D eigenvalue weighted by Crippen LogP contribution is 2.28. The largest absolute Gasteiger partial charge is 0.494 e. The molecule has 0 bridgehead atoms. The average Bonchev–Trinajstić information content (AvgIpc) is 3.05. The summed E-state index contributed by atoms with van der Waals surface area (Å²) in [6.07, 6.45) is 8.17. The van der Waals surface area contributed by atoms with E-state index in [0.717, 1.165) is 37.0 Å². The van der Waals surface area contributed by atoms with Crippen molar-refractivity contribution < 1.29 is 37.0 Å². The van der Waals surface area contributed by atoms with Gasteiger partial charge in [-0.2, -0.15) is 13.2 Å². The fourth-order valence-corrected chi connectivity index (χ4v) is 4.78. The van der Waals surface area contributed by atoms with Crippen molar-refractivity contribution in [2.45, 2.75) is 110 Å². The Bertz CT molecular complexity index is 1310. The molecule has 0 aliphatic heterocycles. The van der Waals surface area contributed by atoms with E-state index in [1.54, 1.807) is 0 Å². The maximum atomic E-state index is 13.4. The molecule has 3 aromatic rings. The Morgan fingerprint density at radius 3 is 1.80 bits per heavy atom. The lowest BCUT2D eigenvalue weighted by molar-refractivity contribution is -0.206. The lowest BCUT2D eigenvalue weighted by atomic mass is 10.1. The number of ether oxygens (including phenoxy) is 3. The first-order valence-corrected chi connectivity index (χ1v) is 16.4. The molecule has 0 aliphatic rings. The number of rotatable bonds is 20. The smallest absolute Gasteiger partial charge is 0.425 e. The predicted molar refractivity (Wildman–Crippen MR) is 171 cm³/mol. The summed E-state index contributed by atoms with van der Waals surface area (Å²) in [6.45, 7) is 4.86. The molecule has 10 heteroatoms. The van der Waals surface area contributed by atoms with E-state index in [0.29, 0.717) is 25.3 Å². The van der Waals surface area contributed by atoms with Gasteiger partial charge in [-0.3, -0.25) is 0 Å². The molecule has 0 saturated heterocycles. The van der Waals surface area contributed by atoms with Gasteiger partial charge >= 0.3 is 18.1 Å². The zero-order valence-electron chi connectivity index (χ0n) is 26.8.